The van der Waals surface area contributed by atoms with Crippen LogP contribution < -0.4 is 11.0 Å². The van der Waals surface area contributed by atoms with Gasteiger partial charge in [-0.05, 0) is 47.4 Å². The second kappa shape index (κ2) is 4.55. The fourth-order valence-electron chi connectivity index (χ4n) is 2.80. The van der Waals surface area contributed by atoms with E-state index < -0.39 is 0 Å². The summed E-state index contributed by atoms with van der Waals surface area (Å²) in [5.41, 5.74) is 2.07. The normalized spacial score (nSPS) is 20.4. The van der Waals surface area contributed by atoms with Crippen LogP contribution in [0.5, 0.6) is 0 Å². The Labute approximate surface area is 114 Å². The average Bonchev–Trinajstić information content (AvgIpc) is 2.64. The molecule has 1 atom stereocenters. The highest BCUT2D eigenvalue weighted by Gasteiger charge is 2.21. The summed E-state index contributed by atoms with van der Waals surface area (Å²) in [6, 6.07) is 6.25. The van der Waals surface area contributed by atoms with Gasteiger partial charge < -0.3 is 5.32 Å². The molecule has 4 nitrogen and oxygen atoms in total. The molecule has 5 heteroatoms. The topological polar surface area (TPSA) is 39.0 Å². The lowest BCUT2D eigenvalue weighted by atomic mass is 10.1. The number of hydrogen-bond acceptors (Lipinski definition) is 2. The number of imidazole rings is 1. The number of nitrogens with zero attached hydrogens (tertiary/aromatic N) is 2. The van der Waals surface area contributed by atoms with Crippen LogP contribution in [0.25, 0.3) is 11.0 Å². The quantitative estimate of drug-likeness (QED) is 0.875. The number of aromatic nitrogens is 2. The smallest absolute Gasteiger partial charge is 0.315 e. The summed E-state index contributed by atoms with van der Waals surface area (Å²) in [6.45, 7) is 1.94. The SMILES string of the molecule is Cn1c(=O)n(C2CCCNC2)c2cccc(Br)c21. The van der Waals surface area contributed by atoms with Crippen molar-refractivity contribution in [1.82, 2.24) is 14.5 Å². The van der Waals surface area contributed by atoms with Crippen LogP contribution in [0.15, 0.2) is 27.5 Å². The average molecular weight is 310 g/mol. The number of halogens is 1. The van der Waals surface area contributed by atoms with Crippen molar-refractivity contribution in [3.63, 3.8) is 0 Å². The van der Waals surface area contributed by atoms with Gasteiger partial charge in [-0.2, -0.15) is 0 Å². The minimum atomic E-state index is 0.0746. The standard InChI is InChI=1S/C13H16BrN3O/c1-16-12-10(14)5-2-6-11(12)17(13(16)18)9-4-3-7-15-8-9/h2,5-6,9,15H,3-4,7-8H2,1H3. The molecule has 1 aliphatic rings. The molecule has 96 valence electrons. The predicted molar refractivity (Wildman–Crippen MR) is 76.0 cm³/mol. The Kier molecular flexibility index (Phi) is 3.03. The van der Waals surface area contributed by atoms with Gasteiger partial charge in [0.2, 0.25) is 0 Å². The Bertz CT molecular complexity index is 637. The number of nitrogens with one attached hydrogen (secondary N) is 1. The molecule has 0 aliphatic carbocycles. The van der Waals surface area contributed by atoms with Crippen LogP contribution in [0.2, 0.25) is 0 Å². The van der Waals surface area contributed by atoms with Crippen molar-refractivity contribution < 1.29 is 0 Å². The monoisotopic (exact) mass is 309 g/mol. The van der Waals surface area contributed by atoms with Crippen molar-refractivity contribution in [1.29, 1.82) is 0 Å². The molecule has 1 aliphatic heterocycles. The zero-order valence-corrected chi connectivity index (χ0v) is 11.9. The number of fused-ring (bicyclic) bond motifs is 1. The Morgan fingerprint density at radius 3 is 3.00 bits per heavy atom. The highest BCUT2D eigenvalue weighted by molar-refractivity contribution is 9.10. The lowest BCUT2D eigenvalue weighted by Gasteiger charge is -2.23. The molecule has 18 heavy (non-hydrogen) atoms. The van der Waals surface area contributed by atoms with E-state index in [0.717, 1.165) is 41.4 Å². The van der Waals surface area contributed by atoms with Gasteiger partial charge in [0, 0.05) is 18.1 Å². The molecule has 1 N–H and O–H groups in total. The van der Waals surface area contributed by atoms with E-state index >= 15 is 0 Å². The number of piperidine rings is 1. The first-order valence-corrected chi connectivity index (χ1v) is 7.05. The molecule has 1 saturated heterocycles. The van der Waals surface area contributed by atoms with Crippen molar-refractivity contribution in [2.24, 2.45) is 7.05 Å². The van der Waals surface area contributed by atoms with Crippen LogP contribution >= 0.6 is 15.9 Å². The van der Waals surface area contributed by atoms with Gasteiger partial charge in [0.05, 0.1) is 17.1 Å². The number of aryl methyl sites for hydroxylation is 1. The molecule has 1 aromatic heterocycles. The van der Waals surface area contributed by atoms with Crippen LogP contribution in [0.3, 0.4) is 0 Å². The van der Waals surface area contributed by atoms with E-state index in [4.69, 9.17) is 0 Å². The van der Waals surface area contributed by atoms with Gasteiger partial charge in [-0.3, -0.25) is 9.13 Å². The molecule has 3 rings (SSSR count). The van der Waals surface area contributed by atoms with Crippen molar-refractivity contribution >= 4 is 27.0 Å². The summed E-state index contributed by atoms with van der Waals surface area (Å²) in [6.07, 6.45) is 2.19. The molecule has 0 bridgehead atoms. The number of rotatable bonds is 1. The Morgan fingerprint density at radius 1 is 1.44 bits per heavy atom. The minimum Gasteiger partial charge on any atom is -0.315 e. The molecule has 0 amide bonds. The number of hydrogen-bond donors (Lipinski definition) is 1. The second-order valence-electron chi connectivity index (χ2n) is 4.82. The van der Waals surface area contributed by atoms with Crippen molar-refractivity contribution in [2.75, 3.05) is 13.1 Å². The first-order chi connectivity index (χ1) is 8.70. The minimum absolute atomic E-state index is 0.0746. The molecular formula is C13H16BrN3O. The van der Waals surface area contributed by atoms with Gasteiger partial charge in [-0.1, -0.05) is 6.07 Å². The summed E-state index contributed by atoms with van der Waals surface area (Å²) in [7, 11) is 1.84. The molecular weight excluding hydrogens is 294 g/mol. The molecule has 1 unspecified atom stereocenters. The Morgan fingerprint density at radius 2 is 2.28 bits per heavy atom. The molecule has 0 saturated carbocycles. The van der Waals surface area contributed by atoms with Crippen molar-refractivity contribution in [3.8, 4) is 0 Å². The highest BCUT2D eigenvalue weighted by atomic mass is 79.9. The maximum Gasteiger partial charge on any atom is 0.329 e. The summed E-state index contributed by atoms with van der Waals surface area (Å²) in [5.74, 6) is 0. The van der Waals surface area contributed by atoms with Gasteiger partial charge in [0.25, 0.3) is 0 Å². The predicted octanol–water partition coefficient (Wildman–Crippen LogP) is 2.03. The zero-order valence-electron chi connectivity index (χ0n) is 10.3. The molecule has 2 aromatic rings. The van der Waals surface area contributed by atoms with E-state index in [0.29, 0.717) is 0 Å². The molecule has 1 fully saturated rings. The fraction of sp³-hybridized carbons (Fsp3) is 0.462. The van der Waals surface area contributed by atoms with Gasteiger partial charge in [-0.25, -0.2) is 4.79 Å². The lowest BCUT2D eigenvalue weighted by Crippen LogP contribution is -2.36. The summed E-state index contributed by atoms with van der Waals surface area (Å²) in [5, 5.41) is 3.37. The van der Waals surface area contributed by atoms with Gasteiger partial charge in [-0.15, -0.1) is 0 Å². The van der Waals surface area contributed by atoms with Crippen LogP contribution in [-0.2, 0) is 7.05 Å². The van der Waals surface area contributed by atoms with E-state index in [1.54, 1.807) is 4.57 Å². The third-order valence-electron chi connectivity index (χ3n) is 3.69. The van der Waals surface area contributed by atoms with E-state index in [2.05, 4.69) is 21.2 Å². The fourth-order valence-corrected chi connectivity index (χ4v) is 3.42. The van der Waals surface area contributed by atoms with Crippen LogP contribution in [0.1, 0.15) is 18.9 Å². The van der Waals surface area contributed by atoms with E-state index in [1.807, 2.05) is 29.8 Å². The maximum atomic E-state index is 12.4. The number of benzene rings is 1. The molecule has 0 radical (unpaired) electrons. The zero-order chi connectivity index (χ0) is 12.7. The second-order valence-corrected chi connectivity index (χ2v) is 5.67. The van der Waals surface area contributed by atoms with E-state index in [-0.39, 0.29) is 11.7 Å². The summed E-state index contributed by atoms with van der Waals surface area (Å²) < 4.78 is 4.64. The van der Waals surface area contributed by atoms with Crippen LogP contribution in [0.4, 0.5) is 0 Å². The summed E-state index contributed by atoms with van der Waals surface area (Å²) >= 11 is 3.53. The number of para-hydroxylation sites is 1. The van der Waals surface area contributed by atoms with Gasteiger partial charge >= 0.3 is 5.69 Å². The maximum absolute atomic E-state index is 12.4. The van der Waals surface area contributed by atoms with Gasteiger partial charge in [0.1, 0.15) is 0 Å². The first-order valence-electron chi connectivity index (χ1n) is 6.26. The van der Waals surface area contributed by atoms with Crippen LogP contribution in [-0.4, -0.2) is 22.2 Å². The van der Waals surface area contributed by atoms with Gasteiger partial charge in [0.15, 0.2) is 0 Å². The van der Waals surface area contributed by atoms with E-state index in [1.165, 1.54) is 0 Å². The largest absolute Gasteiger partial charge is 0.329 e. The third kappa shape index (κ3) is 1.73. The molecule has 2 heterocycles. The Balaban J connectivity index is 2.25. The third-order valence-corrected chi connectivity index (χ3v) is 4.33. The van der Waals surface area contributed by atoms with Crippen LogP contribution in [0, 0.1) is 0 Å². The van der Waals surface area contributed by atoms with E-state index in [9.17, 15) is 4.79 Å². The summed E-state index contributed by atoms with van der Waals surface area (Å²) in [4.78, 5) is 12.4. The lowest BCUT2D eigenvalue weighted by molar-refractivity contribution is 0.369. The highest BCUT2D eigenvalue weighted by Crippen LogP contribution is 2.26. The van der Waals surface area contributed by atoms with Crippen molar-refractivity contribution in [2.45, 2.75) is 18.9 Å². The Hall–Kier alpha value is -1.07. The molecule has 0 spiro atoms. The molecule has 1 aromatic carbocycles. The first kappa shape index (κ1) is 12.0. The van der Waals surface area contributed by atoms with Crippen molar-refractivity contribution in [3.05, 3.63) is 33.2 Å².